The van der Waals surface area contributed by atoms with Crippen molar-refractivity contribution < 1.29 is 66.0 Å². The zero-order chi connectivity index (χ0) is 25.5. The molecule has 194 valence electrons. The molecule has 0 rings (SSSR count). The van der Waals surface area contributed by atoms with Crippen LogP contribution in [-0.2, 0) is 13.3 Å². The fraction of sp³-hybridized carbons (Fsp3) is 1.00. The fourth-order valence-electron chi connectivity index (χ4n) is 2.48. The lowest BCUT2D eigenvalue weighted by Gasteiger charge is -2.40. The Kier molecular flexibility index (Phi) is 11.3. The molecule has 0 saturated carbocycles. The van der Waals surface area contributed by atoms with Gasteiger partial charge >= 0.3 is 33.4 Å². The summed E-state index contributed by atoms with van der Waals surface area (Å²) < 4.78 is 170. The highest BCUT2D eigenvalue weighted by molar-refractivity contribution is 6.61. The average Bonchev–Trinajstić information content (AvgIpc) is 2.59. The van der Waals surface area contributed by atoms with Gasteiger partial charge in [-0.05, 0) is 6.42 Å². The van der Waals surface area contributed by atoms with Crippen LogP contribution in [0.3, 0.4) is 0 Å². The van der Waals surface area contributed by atoms with Crippen LogP contribution in [-0.4, -0.2) is 45.9 Å². The van der Waals surface area contributed by atoms with Crippen LogP contribution in [0.15, 0.2) is 0 Å². The van der Waals surface area contributed by atoms with Gasteiger partial charge in [0.15, 0.2) is 6.67 Å². The number of alkyl halides is 12. The Bertz CT molecular complexity index is 557. The summed E-state index contributed by atoms with van der Waals surface area (Å²) in [4.78, 5) is 0. The van der Waals surface area contributed by atoms with Crippen LogP contribution in [0.1, 0.15) is 58.8 Å². The highest BCUT2D eigenvalue weighted by Crippen LogP contribution is 2.47. The molecule has 0 aliphatic heterocycles. The van der Waals surface area contributed by atoms with Gasteiger partial charge in [-0.25, -0.2) is 8.78 Å². The minimum atomic E-state index is -6.60. The first-order valence-electron chi connectivity index (χ1n) is 9.55. The SMILES string of the molecule is CCCCCCCC(F)(O[Si](CCC)(OC(F)(F)CF)OC(F)(F)C(F)(F)F)C(F)(F)F. The maximum Gasteiger partial charge on any atom is 0.512 e. The summed E-state index contributed by atoms with van der Waals surface area (Å²) in [5.74, 6) is -4.96. The third-order valence-electron chi connectivity index (χ3n) is 3.97. The van der Waals surface area contributed by atoms with Gasteiger partial charge in [0.1, 0.15) is 0 Å². The number of unbranched alkanes of at least 4 members (excludes halogenated alkanes) is 4. The Labute approximate surface area is 177 Å². The molecule has 3 nitrogen and oxygen atoms in total. The molecule has 0 aromatic heterocycles. The van der Waals surface area contributed by atoms with E-state index in [0.29, 0.717) is 19.3 Å². The Morgan fingerprint density at radius 2 is 1.16 bits per heavy atom. The first kappa shape index (κ1) is 31.3. The van der Waals surface area contributed by atoms with Gasteiger partial charge in [-0.15, -0.1) is 0 Å². The van der Waals surface area contributed by atoms with Crippen molar-refractivity contribution >= 4 is 8.80 Å². The van der Waals surface area contributed by atoms with Crippen LogP contribution in [0.4, 0.5) is 52.7 Å². The molecule has 0 spiro atoms. The topological polar surface area (TPSA) is 27.7 Å². The zero-order valence-corrected chi connectivity index (χ0v) is 18.1. The van der Waals surface area contributed by atoms with Gasteiger partial charge in [0.05, 0.1) is 0 Å². The number of halogens is 12. The van der Waals surface area contributed by atoms with Crippen molar-refractivity contribution in [3.8, 4) is 0 Å². The van der Waals surface area contributed by atoms with E-state index in [4.69, 9.17) is 0 Å². The second kappa shape index (κ2) is 11.6. The minimum absolute atomic E-state index is 0.0116. The molecule has 0 saturated heterocycles. The van der Waals surface area contributed by atoms with Crippen LogP contribution >= 0.6 is 0 Å². The first-order valence-corrected chi connectivity index (χ1v) is 11.5. The van der Waals surface area contributed by atoms with Gasteiger partial charge in [-0.3, -0.25) is 0 Å². The second-order valence-electron chi connectivity index (χ2n) is 6.92. The molecule has 0 radical (unpaired) electrons. The third kappa shape index (κ3) is 9.25. The van der Waals surface area contributed by atoms with E-state index in [1.807, 2.05) is 0 Å². The van der Waals surface area contributed by atoms with Gasteiger partial charge in [0, 0.05) is 12.5 Å². The van der Waals surface area contributed by atoms with E-state index in [2.05, 4.69) is 13.3 Å². The number of hydrogen-bond acceptors (Lipinski definition) is 3. The molecular formula is C16H24F12O3Si. The minimum Gasteiger partial charge on any atom is -0.332 e. The van der Waals surface area contributed by atoms with E-state index in [1.165, 1.54) is 0 Å². The maximum absolute atomic E-state index is 14.8. The Hall–Kier alpha value is -0.743. The molecule has 0 aliphatic carbocycles. The summed E-state index contributed by atoms with van der Waals surface area (Å²) in [6.07, 6.45) is -25.6. The molecule has 2 unspecified atom stereocenters. The maximum atomic E-state index is 14.8. The molecule has 0 aromatic carbocycles. The molecule has 0 N–H and O–H groups in total. The molecule has 0 fully saturated rings. The molecule has 16 heteroatoms. The van der Waals surface area contributed by atoms with E-state index >= 15 is 0 Å². The van der Waals surface area contributed by atoms with Crippen molar-refractivity contribution in [2.75, 3.05) is 6.67 Å². The first-order chi connectivity index (χ1) is 14.3. The smallest absolute Gasteiger partial charge is 0.332 e. The molecule has 0 heterocycles. The number of hydrogen-bond donors (Lipinski definition) is 0. The van der Waals surface area contributed by atoms with E-state index in [-0.39, 0.29) is 6.42 Å². The van der Waals surface area contributed by atoms with Gasteiger partial charge in [-0.2, -0.15) is 43.9 Å². The predicted molar refractivity (Wildman–Crippen MR) is 89.3 cm³/mol. The van der Waals surface area contributed by atoms with Gasteiger partial charge < -0.3 is 13.3 Å². The fourth-order valence-corrected chi connectivity index (χ4v) is 5.25. The van der Waals surface area contributed by atoms with Crippen molar-refractivity contribution in [1.29, 1.82) is 0 Å². The Morgan fingerprint density at radius 1 is 0.625 bits per heavy atom. The van der Waals surface area contributed by atoms with Crippen molar-refractivity contribution in [3.63, 3.8) is 0 Å². The van der Waals surface area contributed by atoms with E-state index in [9.17, 15) is 52.7 Å². The molecule has 2 atom stereocenters. The lowest BCUT2D eigenvalue weighted by Crippen LogP contribution is -2.62. The summed E-state index contributed by atoms with van der Waals surface area (Å²) in [6, 6.07) is -1.52. The van der Waals surface area contributed by atoms with Gasteiger partial charge in [-0.1, -0.05) is 46.0 Å². The van der Waals surface area contributed by atoms with Crippen molar-refractivity contribution in [1.82, 2.24) is 0 Å². The summed E-state index contributed by atoms with van der Waals surface area (Å²) in [5.41, 5.74) is 0. The van der Waals surface area contributed by atoms with Gasteiger partial charge in [0.25, 0.3) is 5.85 Å². The molecule has 0 amide bonds. The summed E-state index contributed by atoms with van der Waals surface area (Å²) in [5, 5.41) is 0. The predicted octanol–water partition coefficient (Wildman–Crippen LogP) is 7.69. The third-order valence-corrected chi connectivity index (χ3v) is 6.90. The van der Waals surface area contributed by atoms with Crippen LogP contribution in [0.5, 0.6) is 0 Å². The zero-order valence-electron chi connectivity index (χ0n) is 17.1. The number of rotatable bonds is 15. The van der Waals surface area contributed by atoms with E-state index < -0.39 is 71.2 Å². The van der Waals surface area contributed by atoms with Crippen LogP contribution in [0.25, 0.3) is 0 Å². The molecule has 0 bridgehead atoms. The second-order valence-corrected chi connectivity index (χ2v) is 9.39. The van der Waals surface area contributed by atoms with Crippen molar-refractivity contribution in [3.05, 3.63) is 0 Å². The molecule has 0 aliphatic rings. The van der Waals surface area contributed by atoms with Crippen molar-refractivity contribution in [2.45, 2.75) is 95.3 Å². The van der Waals surface area contributed by atoms with Crippen LogP contribution < -0.4 is 0 Å². The van der Waals surface area contributed by atoms with Gasteiger partial charge in [0.2, 0.25) is 0 Å². The standard InChI is InChI=1S/C16H24F12O3Si/c1-3-5-6-7-8-9-12(18,14(21,22)23)29-32(10-4-2,30-13(19,20)11-17)31-16(27,28)15(24,25)26/h3-11H2,1-2H3. The lowest BCUT2D eigenvalue weighted by atomic mass is 10.1. The van der Waals surface area contributed by atoms with Crippen LogP contribution in [0, 0.1) is 0 Å². The monoisotopic (exact) mass is 520 g/mol. The summed E-state index contributed by atoms with van der Waals surface area (Å²) >= 11 is 0. The molecular weight excluding hydrogens is 496 g/mol. The highest BCUT2D eigenvalue weighted by Gasteiger charge is 2.70. The summed E-state index contributed by atoms with van der Waals surface area (Å²) in [7, 11) is -6.57. The quantitative estimate of drug-likeness (QED) is 0.126. The molecule has 32 heavy (non-hydrogen) atoms. The van der Waals surface area contributed by atoms with Crippen molar-refractivity contribution in [2.24, 2.45) is 0 Å². The highest BCUT2D eigenvalue weighted by atomic mass is 28.4. The summed E-state index contributed by atoms with van der Waals surface area (Å²) in [6.45, 7) is -0.128. The van der Waals surface area contributed by atoms with Crippen LogP contribution in [0.2, 0.25) is 6.04 Å². The Balaban J connectivity index is 6.25. The average molecular weight is 520 g/mol. The lowest BCUT2D eigenvalue weighted by molar-refractivity contribution is -0.389. The molecule has 0 aromatic rings. The Morgan fingerprint density at radius 3 is 1.56 bits per heavy atom. The normalized spacial score (nSPS) is 17.8. The van der Waals surface area contributed by atoms with E-state index in [0.717, 1.165) is 6.92 Å². The van der Waals surface area contributed by atoms with E-state index in [1.54, 1.807) is 6.92 Å². The largest absolute Gasteiger partial charge is 0.512 e.